The van der Waals surface area contributed by atoms with Crippen LogP contribution < -0.4 is 0 Å². The quantitative estimate of drug-likeness (QED) is 0.624. The van der Waals surface area contributed by atoms with Crippen molar-refractivity contribution in [3.8, 4) is 5.69 Å². The Hall–Kier alpha value is -1.71. The predicted molar refractivity (Wildman–Crippen MR) is 43.9 cm³/mol. The number of nitrogens with zero attached hydrogens (tertiary/aromatic N) is 4. The largest absolute Gasteiger partial charge is 0.265 e. The lowest BCUT2D eigenvalue weighted by atomic mass is 10.4. The SMILES string of the molecule is Cc1ncnn1-c1ccncc1. The molecule has 0 radical (unpaired) electrons. The Morgan fingerprint density at radius 3 is 2.58 bits per heavy atom. The summed E-state index contributed by atoms with van der Waals surface area (Å²) >= 11 is 0. The molecule has 0 spiro atoms. The molecule has 0 saturated heterocycles. The van der Waals surface area contributed by atoms with Crippen LogP contribution in [0.5, 0.6) is 0 Å². The van der Waals surface area contributed by atoms with Gasteiger partial charge in [-0.3, -0.25) is 4.98 Å². The van der Waals surface area contributed by atoms with Gasteiger partial charge in [0.1, 0.15) is 12.2 Å². The van der Waals surface area contributed by atoms with Crippen LogP contribution in [-0.2, 0) is 0 Å². The molecule has 0 aliphatic rings. The fraction of sp³-hybridized carbons (Fsp3) is 0.125. The molecule has 0 saturated carbocycles. The van der Waals surface area contributed by atoms with Crippen LogP contribution >= 0.6 is 0 Å². The molecule has 2 aromatic rings. The van der Waals surface area contributed by atoms with Crippen LogP contribution in [0.2, 0.25) is 0 Å². The first kappa shape index (κ1) is 6.97. The lowest BCUT2D eigenvalue weighted by Crippen LogP contribution is -1.98. The molecule has 0 amide bonds. The van der Waals surface area contributed by atoms with E-state index in [0.29, 0.717) is 0 Å². The van der Waals surface area contributed by atoms with Crippen molar-refractivity contribution in [2.24, 2.45) is 0 Å². The van der Waals surface area contributed by atoms with Gasteiger partial charge in [-0.1, -0.05) is 0 Å². The minimum Gasteiger partial charge on any atom is -0.265 e. The maximum atomic E-state index is 4.06. The number of aryl methyl sites for hydroxylation is 1. The highest BCUT2D eigenvalue weighted by Gasteiger charge is 1.99. The molecule has 0 atom stereocenters. The second-order valence-corrected chi connectivity index (χ2v) is 2.42. The standard InChI is InChI=1S/C8H8N4/c1-7-10-6-11-12(7)8-2-4-9-5-3-8/h2-6H,1H3. The van der Waals surface area contributed by atoms with Crippen LogP contribution in [0.25, 0.3) is 5.69 Å². The van der Waals surface area contributed by atoms with Gasteiger partial charge in [0.25, 0.3) is 0 Å². The lowest BCUT2D eigenvalue weighted by Gasteiger charge is -2.00. The van der Waals surface area contributed by atoms with Crippen LogP contribution in [0, 0.1) is 6.92 Å². The maximum absolute atomic E-state index is 4.06. The van der Waals surface area contributed by atoms with Gasteiger partial charge in [-0.25, -0.2) is 9.67 Å². The van der Waals surface area contributed by atoms with Crippen molar-refractivity contribution in [1.29, 1.82) is 0 Å². The molecular formula is C8H8N4. The Kier molecular flexibility index (Phi) is 1.59. The number of aromatic nitrogens is 4. The van der Waals surface area contributed by atoms with Gasteiger partial charge in [0, 0.05) is 12.4 Å². The summed E-state index contributed by atoms with van der Waals surface area (Å²) in [4.78, 5) is 7.95. The Morgan fingerprint density at radius 1 is 1.25 bits per heavy atom. The van der Waals surface area contributed by atoms with Crippen molar-refractivity contribution < 1.29 is 0 Å². The molecule has 0 unspecified atom stereocenters. The zero-order valence-corrected chi connectivity index (χ0v) is 6.68. The maximum Gasteiger partial charge on any atom is 0.138 e. The van der Waals surface area contributed by atoms with E-state index >= 15 is 0 Å². The number of pyridine rings is 1. The lowest BCUT2D eigenvalue weighted by molar-refractivity contribution is 0.838. The molecule has 0 aromatic carbocycles. The van der Waals surface area contributed by atoms with Gasteiger partial charge in [0.05, 0.1) is 5.69 Å². The summed E-state index contributed by atoms with van der Waals surface area (Å²) < 4.78 is 1.77. The summed E-state index contributed by atoms with van der Waals surface area (Å²) in [5.41, 5.74) is 0.986. The summed E-state index contributed by atoms with van der Waals surface area (Å²) in [6.07, 6.45) is 5.00. The van der Waals surface area contributed by atoms with Crippen molar-refractivity contribution in [1.82, 2.24) is 19.7 Å². The second-order valence-electron chi connectivity index (χ2n) is 2.42. The minimum absolute atomic E-state index is 0.876. The molecule has 0 fully saturated rings. The van der Waals surface area contributed by atoms with E-state index in [9.17, 15) is 0 Å². The molecule has 0 bridgehead atoms. The first-order valence-electron chi connectivity index (χ1n) is 3.65. The van der Waals surface area contributed by atoms with Gasteiger partial charge < -0.3 is 0 Å². The van der Waals surface area contributed by atoms with Gasteiger partial charge >= 0.3 is 0 Å². The summed E-state index contributed by atoms with van der Waals surface area (Å²) in [5.74, 6) is 0.876. The second kappa shape index (κ2) is 2.73. The molecule has 12 heavy (non-hydrogen) atoms. The van der Waals surface area contributed by atoms with E-state index in [1.54, 1.807) is 17.1 Å². The summed E-state index contributed by atoms with van der Waals surface area (Å²) in [7, 11) is 0. The molecule has 2 aromatic heterocycles. The van der Waals surface area contributed by atoms with Crippen molar-refractivity contribution in [3.05, 3.63) is 36.7 Å². The van der Waals surface area contributed by atoms with Crippen molar-refractivity contribution in [3.63, 3.8) is 0 Å². The highest BCUT2D eigenvalue weighted by Crippen LogP contribution is 2.04. The zero-order chi connectivity index (χ0) is 8.39. The molecule has 60 valence electrons. The highest BCUT2D eigenvalue weighted by molar-refractivity contribution is 5.27. The van der Waals surface area contributed by atoms with E-state index in [0.717, 1.165) is 11.5 Å². The van der Waals surface area contributed by atoms with E-state index in [1.807, 2.05) is 19.1 Å². The predicted octanol–water partition coefficient (Wildman–Crippen LogP) is 0.971. The minimum atomic E-state index is 0.876. The zero-order valence-electron chi connectivity index (χ0n) is 6.68. The van der Waals surface area contributed by atoms with E-state index in [-0.39, 0.29) is 0 Å². The highest BCUT2D eigenvalue weighted by atomic mass is 15.3. The Morgan fingerprint density at radius 2 is 2.00 bits per heavy atom. The third-order valence-corrected chi connectivity index (χ3v) is 1.63. The summed E-state index contributed by atoms with van der Waals surface area (Å²) in [6.45, 7) is 1.91. The van der Waals surface area contributed by atoms with Crippen molar-refractivity contribution in [2.45, 2.75) is 6.92 Å². The van der Waals surface area contributed by atoms with Gasteiger partial charge in [-0.05, 0) is 19.1 Å². The van der Waals surface area contributed by atoms with E-state index in [4.69, 9.17) is 0 Å². The molecule has 0 N–H and O–H groups in total. The molecular weight excluding hydrogens is 152 g/mol. The third-order valence-electron chi connectivity index (χ3n) is 1.63. The number of rotatable bonds is 1. The Balaban J connectivity index is 2.51. The normalized spacial score (nSPS) is 10.1. The number of hydrogen-bond donors (Lipinski definition) is 0. The average molecular weight is 160 g/mol. The van der Waals surface area contributed by atoms with Crippen LogP contribution in [0.3, 0.4) is 0 Å². The molecule has 4 heteroatoms. The topological polar surface area (TPSA) is 43.6 Å². The first-order valence-corrected chi connectivity index (χ1v) is 3.65. The van der Waals surface area contributed by atoms with Crippen molar-refractivity contribution in [2.75, 3.05) is 0 Å². The van der Waals surface area contributed by atoms with Crippen LogP contribution in [0.4, 0.5) is 0 Å². The van der Waals surface area contributed by atoms with Crippen LogP contribution in [0.15, 0.2) is 30.9 Å². The summed E-state index contributed by atoms with van der Waals surface area (Å²) in [5, 5.41) is 4.06. The molecule has 0 aliphatic carbocycles. The van der Waals surface area contributed by atoms with Gasteiger partial charge in [-0.15, -0.1) is 0 Å². The third kappa shape index (κ3) is 1.07. The fourth-order valence-corrected chi connectivity index (χ4v) is 1.04. The van der Waals surface area contributed by atoms with Gasteiger partial charge in [-0.2, -0.15) is 5.10 Å². The monoisotopic (exact) mass is 160 g/mol. The smallest absolute Gasteiger partial charge is 0.138 e. The van der Waals surface area contributed by atoms with E-state index < -0.39 is 0 Å². The Bertz CT molecular complexity index is 366. The molecule has 2 heterocycles. The van der Waals surface area contributed by atoms with Gasteiger partial charge in [0.2, 0.25) is 0 Å². The first-order chi connectivity index (χ1) is 5.88. The fourth-order valence-electron chi connectivity index (χ4n) is 1.04. The molecule has 0 aliphatic heterocycles. The van der Waals surface area contributed by atoms with Crippen LogP contribution in [0.1, 0.15) is 5.82 Å². The van der Waals surface area contributed by atoms with E-state index in [1.165, 1.54) is 6.33 Å². The van der Waals surface area contributed by atoms with Crippen molar-refractivity contribution >= 4 is 0 Å². The molecule has 2 rings (SSSR count). The summed E-state index contributed by atoms with van der Waals surface area (Å²) in [6, 6.07) is 3.78. The Labute approximate surface area is 69.9 Å². The van der Waals surface area contributed by atoms with Gasteiger partial charge in [0.15, 0.2) is 0 Å². The van der Waals surface area contributed by atoms with Crippen LogP contribution in [-0.4, -0.2) is 19.7 Å². The molecule has 4 nitrogen and oxygen atoms in total. The van der Waals surface area contributed by atoms with E-state index in [2.05, 4.69) is 15.1 Å². The number of hydrogen-bond acceptors (Lipinski definition) is 3. The average Bonchev–Trinajstić information content (AvgIpc) is 2.53.